The molecular weight excluding hydrogens is 108 g/mol. The highest BCUT2D eigenvalue weighted by Crippen LogP contribution is 1.99. The maximum Gasteiger partial charge on any atom is -0.0290 e. The minimum absolute atomic E-state index is 0.724. The van der Waals surface area contributed by atoms with E-state index in [1.54, 1.807) is 0 Å². The number of hydrogen-bond acceptors (Lipinski definition) is 0. The van der Waals surface area contributed by atoms with Crippen LogP contribution in [-0.2, 0) is 0 Å². The average Bonchev–Trinajstić information content (AvgIpc) is 1.80. The third-order valence-corrected chi connectivity index (χ3v) is 1.25. The minimum Gasteiger partial charge on any atom is -0.0883 e. The summed E-state index contributed by atoms with van der Waals surface area (Å²) in [7, 11) is 0. The van der Waals surface area contributed by atoms with Crippen LogP contribution in [0.2, 0.25) is 0 Å². The lowest BCUT2D eigenvalue weighted by Crippen LogP contribution is -1.76. The smallest absolute Gasteiger partial charge is 0.0290 e. The first-order chi connectivity index (χ1) is 4.27. The number of hydrogen-bond donors (Lipinski definition) is 0. The summed E-state index contributed by atoms with van der Waals surface area (Å²) in [5.74, 6) is 0.724. The highest BCUT2D eigenvalue weighted by atomic mass is 13.9. The molecule has 0 fully saturated rings. The lowest BCUT2D eigenvalue weighted by molar-refractivity contribution is 0.788. The Hall–Kier alpha value is -0.260. The fraction of sp³-hybridized carbons (Fsp3) is 0.778. The van der Waals surface area contributed by atoms with Crippen LogP contribution in [0.1, 0.15) is 40.0 Å². The van der Waals surface area contributed by atoms with Crippen molar-refractivity contribution >= 4 is 0 Å². The van der Waals surface area contributed by atoms with E-state index >= 15 is 0 Å². The lowest BCUT2D eigenvalue weighted by atomic mass is 10.1. The van der Waals surface area contributed by atoms with Gasteiger partial charge >= 0.3 is 0 Å². The van der Waals surface area contributed by atoms with Gasteiger partial charge in [0.25, 0.3) is 0 Å². The van der Waals surface area contributed by atoms with Crippen molar-refractivity contribution in [2.75, 3.05) is 0 Å². The molecule has 0 saturated heterocycles. The summed E-state index contributed by atoms with van der Waals surface area (Å²) in [4.78, 5) is 0. The van der Waals surface area contributed by atoms with E-state index in [9.17, 15) is 0 Å². The average molecular weight is 126 g/mol. The van der Waals surface area contributed by atoms with Crippen LogP contribution in [-0.4, -0.2) is 0 Å². The molecule has 0 aromatic heterocycles. The monoisotopic (exact) mass is 126 g/mol. The molecule has 54 valence electrons. The van der Waals surface area contributed by atoms with Crippen LogP contribution in [0.15, 0.2) is 12.2 Å². The van der Waals surface area contributed by atoms with Crippen LogP contribution in [0.5, 0.6) is 0 Å². The van der Waals surface area contributed by atoms with Crippen molar-refractivity contribution in [3.05, 3.63) is 12.2 Å². The van der Waals surface area contributed by atoms with Gasteiger partial charge < -0.3 is 0 Å². The van der Waals surface area contributed by atoms with E-state index in [0.29, 0.717) is 0 Å². The molecule has 0 spiro atoms. The van der Waals surface area contributed by atoms with Crippen LogP contribution < -0.4 is 0 Å². The van der Waals surface area contributed by atoms with Crippen molar-refractivity contribution in [1.29, 1.82) is 0 Å². The zero-order valence-corrected chi connectivity index (χ0v) is 6.85. The van der Waals surface area contributed by atoms with Gasteiger partial charge in [-0.3, -0.25) is 0 Å². The molecule has 0 atom stereocenters. The molecule has 0 heterocycles. The zero-order valence-electron chi connectivity index (χ0n) is 6.85. The second kappa shape index (κ2) is 5.87. The first kappa shape index (κ1) is 8.74. The van der Waals surface area contributed by atoms with Crippen LogP contribution in [0.4, 0.5) is 0 Å². The van der Waals surface area contributed by atoms with Gasteiger partial charge in [0.2, 0.25) is 0 Å². The van der Waals surface area contributed by atoms with Crippen LogP contribution in [0, 0.1) is 5.92 Å². The van der Waals surface area contributed by atoms with Crippen LogP contribution >= 0.6 is 0 Å². The molecule has 0 nitrogen and oxygen atoms in total. The summed E-state index contributed by atoms with van der Waals surface area (Å²) >= 11 is 0. The fourth-order valence-corrected chi connectivity index (χ4v) is 0.690. The quantitative estimate of drug-likeness (QED) is 0.400. The Morgan fingerprint density at radius 2 is 2.00 bits per heavy atom. The molecule has 0 saturated carbocycles. The Bertz CT molecular complexity index is 70.1. The summed E-state index contributed by atoms with van der Waals surface area (Å²) in [6.07, 6.45) is 8.46. The molecule has 0 radical (unpaired) electrons. The van der Waals surface area contributed by atoms with E-state index in [2.05, 4.69) is 32.9 Å². The molecule has 0 rings (SSSR count). The number of allylic oxidation sites excluding steroid dienone is 2. The topological polar surface area (TPSA) is 0 Å². The minimum atomic E-state index is 0.724. The van der Waals surface area contributed by atoms with Crippen LogP contribution in [0.3, 0.4) is 0 Å². The Balaban J connectivity index is 3.04. The van der Waals surface area contributed by atoms with Gasteiger partial charge in [-0.05, 0) is 12.3 Å². The molecule has 0 aliphatic carbocycles. The zero-order chi connectivity index (χ0) is 7.11. The van der Waals surface area contributed by atoms with Gasteiger partial charge in [0.1, 0.15) is 0 Å². The molecule has 0 aliphatic rings. The summed E-state index contributed by atoms with van der Waals surface area (Å²) in [5, 5.41) is 0. The summed E-state index contributed by atoms with van der Waals surface area (Å²) < 4.78 is 0. The highest BCUT2D eigenvalue weighted by molar-refractivity contribution is 4.83. The molecule has 9 heavy (non-hydrogen) atoms. The molecule has 0 aromatic carbocycles. The van der Waals surface area contributed by atoms with Gasteiger partial charge in [0.05, 0.1) is 0 Å². The Morgan fingerprint density at radius 1 is 1.33 bits per heavy atom. The normalized spacial score (nSPS) is 11.6. The SMILES string of the molecule is CCCC/C=C\C(C)C. The van der Waals surface area contributed by atoms with E-state index in [1.807, 2.05) is 0 Å². The third kappa shape index (κ3) is 7.74. The lowest BCUT2D eigenvalue weighted by Gasteiger charge is -1.92. The predicted molar refractivity (Wildman–Crippen MR) is 43.5 cm³/mol. The van der Waals surface area contributed by atoms with Crippen molar-refractivity contribution in [2.45, 2.75) is 40.0 Å². The van der Waals surface area contributed by atoms with Gasteiger partial charge in [-0.25, -0.2) is 0 Å². The Kier molecular flexibility index (Phi) is 5.70. The van der Waals surface area contributed by atoms with E-state index in [0.717, 1.165) is 5.92 Å². The van der Waals surface area contributed by atoms with Gasteiger partial charge in [-0.15, -0.1) is 0 Å². The largest absolute Gasteiger partial charge is 0.0883 e. The highest BCUT2D eigenvalue weighted by Gasteiger charge is 1.82. The molecule has 0 heteroatoms. The van der Waals surface area contributed by atoms with Gasteiger partial charge in [-0.1, -0.05) is 45.8 Å². The molecular formula is C9H18. The van der Waals surface area contributed by atoms with E-state index < -0.39 is 0 Å². The third-order valence-electron chi connectivity index (χ3n) is 1.25. The molecule has 0 bridgehead atoms. The molecule has 0 amide bonds. The maximum absolute atomic E-state index is 2.29. The van der Waals surface area contributed by atoms with Crippen LogP contribution in [0.25, 0.3) is 0 Å². The Labute approximate surface area is 59.0 Å². The second-order valence-corrected chi connectivity index (χ2v) is 2.81. The molecule has 0 aliphatic heterocycles. The van der Waals surface area contributed by atoms with Crippen molar-refractivity contribution in [3.63, 3.8) is 0 Å². The summed E-state index contributed by atoms with van der Waals surface area (Å²) in [6.45, 7) is 6.65. The van der Waals surface area contributed by atoms with Crippen molar-refractivity contribution < 1.29 is 0 Å². The fourth-order valence-electron chi connectivity index (χ4n) is 0.690. The van der Waals surface area contributed by atoms with E-state index in [1.165, 1.54) is 19.3 Å². The van der Waals surface area contributed by atoms with Crippen molar-refractivity contribution in [3.8, 4) is 0 Å². The van der Waals surface area contributed by atoms with Gasteiger partial charge in [0.15, 0.2) is 0 Å². The van der Waals surface area contributed by atoms with Gasteiger partial charge in [-0.2, -0.15) is 0 Å². The molecule has 0 N–H and O–H groups in total. The maximum atomic E-state index is 2.29. The summed E-state index contributed by atoms with van der Waals surface area (Å²) in [6, 6.07) is 0. The standard InChI is InChI=1S/C9H18/c1-4-5-6-7-8-9(2)3/h7-9H,4-6H2,1-3H3/b8-7-. The Morgan fingerprint density at radius 3 is 2.44 bits per heavy atom. The van der Waals surface area contributed by atoms with E-state index in [-0.39, 0.29) is 0 Å². The van der Waals surface area contributed by atoms with E-state index in [4.69, 9.17) is 0 Å². The van der Waals surface area contributed by atoms with Crippen molar-refractivity contribution in [2.24, 2.45) is 5.92 Å². The first-order valence-corrected chi connectivity index (χ1v) is 3.94. The van der Waals surface area contributed by atoms with Crippen molar-refractivity contribution in [1.82, 2.24) is 0 Å². The molecule has 0 aromatic rings. The predicted octanol–water partition coefficient (Wildman–Crippen LogP) is 3.39. The number of unbranched alkanes of at least 4 members (excludes halogenated alkanes) is 2. The summed E-state index contributed by atoms with van der Waals surface area (Å²) in [5.41, 5.74) is 0. The number of rotatable bonds is 4. The molecule has 0 unspecified atom stereocenters. The first-order valence-electron chi connectivity index (χ1n) is 3.94. The van der Waals surface area contributed by atoms with Gasteiger partial charge in [0, 0.05) is 0 Å². The second-order valence-electron chi connectivity index (χ2n) is 2.81.